The van der Waals surface area contributed by atoms with Gasteiger partial charge in [0, 0.05) is 24.2 Å². The van der Waals surface area contributed by atoms with E-state index in [1.165, 1.54) is 0 Å². The molecule has 0 saturated heterocycles. The molecular weight excluding hydrogens is 388 g/mol. The second-order valence-corrected chi connectivity index (χ2v) is 9.48. The van der Waals surface area contributed by atoms with Gasteiger partial charge in [-0.2, -0.15) is 0 Å². The number of benzene rings is 2. The van der Waals surface area contributed by atoms with Crippen molar-refractivity contribution in [1.82, 2.24) is 9.88 Å². The number of aromatic nitrogens is 1. The van der Waals surface area contributed by atoms with Crippen LogP contribution in [0.2, 0.25) is 0 Å². The fourth-order valence-corrected chi connectivity index (χ4v) is 5.09. The summed E-state index contributed by atoms with van der Waals surface area (Å²) in [5, 5.41) is 3.52. The molecule has 1 aromatic heterocycles. The van der Waals surface area contributed by atoms with Gasteiger partial charge in [-0.3, -0.25) is 9.59 Å². The standard InChI is InChI=1S/C22H22N2O4S/c25-21(17-6-2-1-3-7-17)23-11-13-29(27,28)15-19-14-18-9-4-8-16-10-5-12-24(20(16)18)22(19)26/h1-4,6-9,14H,5,10-13,15H2,(H,23,25). The Morgan fingerprint density at radius 2 is 1.86 bits per heavy atom. The summed E-state index contributed by atoms with van der Waals surface area (Å²) in [4.78, 5) is 24.9. The highest BCUT2D eigenvalue weighted by atomic mass is 32.2. The van der Waals surface area contributed by atoms with Gasteiger partial charge in [0.1, 0.15) is 0 Å². The van der Waals surface area contributed by atoms with Gasteiger partial charge in [0.05, 0.1) is 17.0 Å². The van der Waals surface area contributed by atoms with Gasteiger partial charge in [0.2, 0.25) is 0 Å². The van der Waals surface area contributed by atoms with E-state index in [1.807, 2.05) is 18.2 Å². The van der Waals surface area contributed by atoms with E-state index in [2.05, 4.69) is 5.32 Å². The molecule has 0 aliphatic carbocycles. The third-order valence-corrected chi connectivity index (χ3v) is 6.79. The number of carbonyl (C=O) groups is 1. The van der Waals surface area contributed by atoms with Crippen molar-refractivity contribution in [3.8, 4) is 0 Å². The van der Waals surface area contributed by atoms with Crippen LogP contribution in [0.15, 0.2) is 59.4 Å². The minimum Gasteiger partial charge on any atom is -0.351 e. The number of pyridine rings is 1. The molecule has 1 amide bonds. The summed E-state index contributed by atoms with van der Waals surface area (Å²) in [5.41, 5.74) is 2.57. The minimum atomic E-state index is -3.55. The summed E-state index contributed by atoms with van der Waals surface area (Å²) < 4.78 is 26.9. The zero-order valence-electron chi connectivity index (χ0n) is 15.9. The first-order valence-electron chi connectivity index (χ1n) is 9.63. The number of hydrogen-bond donors (Lipinski definition) is 1. The zero-order chi connectivity index (χ0) is 20.4. The van der Waals surface area contributed by atoms with Crippen molar-refractivity contribution in [3.63, 3.8) is 0 Å². The highest BCUT2D eigenvalue weighted by Crippen LogP contribution is 2.24. The Kier molecular flexibility index (Phi) is 5.24. The molecule has 7 heteroatoms. The zero-order valence-corrected chi connectivity index (χ0v) is 16.7. The lowest BCUT2D eigenvalue weighted by molar-refractivity contribution is 0.0956. The maximum atomic E-state index is 12.9. The number of sulfone groups is 1. The van der Waals surface area contributed by atoms with Crippen molar-refractivity contribution >= 4 is 26.6 Å². The predicted octanol–water partition coefficient (Wildman–Crippen LogP) is 2.29. The Bertz CT molecular complexity index is 1230. The van der Waals surface area contributed by atoms with E-state index in [9.17, 15) is 18.0 Å². The molecule has 3 aromatic rings. The number of amides is 1. The lowest BCUT2D eigenvalue weighted by Gasteiger charge is -2.20. The molecule has 0 unspecified atom stereocenters. The number of rotatable bonds is 6. The van der Waals surface area contributed by atoms with Crippen molar-refractivity contribution in [2.75, 3.05) is 12.3 Å². The normalized spacial score (nSPS) is 13.4. The molecule has 0 radical (unpaired) electrons. The lowest BCUT2D eigenvalue weighted by atomic mass is 10.0. The van der Waals surface area contributed by atoms with Crippen LogP contribution < -0.4 is 10.9 Å². The SMILES string of the molecule is O=C(NCCS(=O)(=O)Cc1cc2cccc3c2n(c1=O)CCC3)c1ccccc1. The Morgan fingerprint density at radius 3 is 2.66 bits per heavy atom. The Hall–Kier alpha value is -2.93. The van der Waals surface area contributed by atoms with Crippen molar-refractivity contribution in [2.24, 2.45) is 0 Å². The van der Waals surface area contributed by atoms with Gasteiger partial charge < -0.3 is 9.88 Å². The molecule has 6 nitrogen and oxygen atoms in total. The van der Waals surface area contributed by atoms with Crippen LogP contribution in [-0.4, -0.2) is 31.2 Å². The first kappa shape index (κ1) is 19.4. The molecular formula is C22H22N2O4S. The number of hydrogen-bond acceptors (Lipinski definition) is 4. The molecule has 1 N–H and O–H groups in total. The van der Waals surface area contributed by atoms with Gasteiger partial charge >= 0.3 is 0 Å². The molecule has 0 atom stereocenters. The van der Waals surface area contributed by atoms with Crippen LogP contribution in [0, 0.1) is 0 Å². The number of aryl methyl sites for hydroxylation is 2. The summed E-state index contributed by atoms with van der Waals surface area (Å²) in [6, 6.07) is 16.2. The first-order valence-corrected chi connectivity index (χ1v) is 11.4. The third-order valence-electron chi connectivity index (χ3n) is 5.21. The summed E-state index contributed by atoms with van der Waals surface area (Å²) in [6.07, 6.45) is 1.79. The van der Waals surface area contributed by atoms with Crippen LogP contribution in [0.5, 0.6) is 0 Å². The predicted molar refractivity (Wildman–Crippen MR) is 113 cm³/mol. The van der Waals surface area contributed by atoms with Crippen LogP contribution >= 0.6 is 0 Å². The second-order valence-electron chi connectivity index (χ2n) is 7.30. The molecule has 0 fully saturated rings. The van der Waals surface area contributed by atoms with E-state index < -0.39 is 9.84 Å². The molecule has 1 aliphatic rings. The fourth-order valence-electron chi connectivity index (χ4n) is 3.85. The second kappa shape index (κ2) is 7.83. The highest BCUT2D eigenvalue weighted by Gasteiger charge is 2.20. The summed E-state index contributed by atoms with van der Waals surface area (Å²) >= 11 is 0. The Morgan fingerprint density at radius 1 is 1.07 bits per heavy atom. The maximum Gasteiger partial charge on any atom is 0.255 e. The quantitative estimate of drug-likeness (QED) is 0.676. The Labute approximate surface area is 169 Å². The van der Waals surface area contributed by atoms with Gasteiger partial charge in [-0.15, -0.1) is 0 Å². The molecule has 150 valence electrons. The van der Waals surface area contributed by atoms with Gasteiger partial charge in [0.25, 0.3) is 11.5 Å². The van der Waals surface area contributed by atoms with E-state index in [-0.39, 0.29) is 35.1 Å². The minimum absolute atomic E-state index is 0.00197. The van der Waals surface area contributed by atoms with Gasteiger partial charge in [-0.1, -0.05) is 36.4 Å². The smallest absolute Gasteiger partial charge is 0.255 e. The number of nitrogens with one attached hydrogen (secondary N) is 1. The van der Waals surface area contributed by atoms with Gasteiger partial charge in [-0.25, -0.2) is 8.42 Å². The molecule has 0 spiro atoms. The molecule has 0 bridgehead atoms. The van der Waals surface area contributed by atoms with Crippen LogP contribution in [0.25, 0.3) is 10.9 Å². The maximum absolute atomic E-state index is 12.9. The average Bonchev–Trinajstić information content (AvgIpc) is 2.72. The molecule has 2 aromatic carbocycles. The number of carbonyl (C=O) groups excluding carboxylic acids is 1. The van der Waals surface area contributed by atoms with Gasteiger partial charge in [-0.05, 0) is 42.0 Å². The van der Waals surface area contributed by atoms with Crippen molar-refractivity contribution in [1.29, 1.82) is 0 Å². The topological polar surface area (TPSA) is 85.2 Å². The lowest BCUT2D eigenvalue weighted by Crippen LogP contribution is -2.31. The number of nitrogens with zero attached hydrogens (tertiary/aromatic N) is 1. The largest absolute Gasteiger partial charge is 0.351 e. The van der Waals surface area contributed by atoms with Crippen LogP contribution in [0.4, 0.5) is 0 Å². The first-order chi connectivity index (χ1) is 13.9. The van der Waals surface area contributed by atoms with Crippen LogP contribution in [-0.2, 0) is 28.6 Å². The van der Waals surface area contributed by atoms with E-state index in [4.69, 9.17) is 0 Å². The fraction of sp³-hybridized carbons (Fsp3) is 0.273. The molecule has 0 saturated carbocycles. The molecule has 1 aliphatic heterocycles. The number of para-hydroxylation sites is 1. The average molecular weight is 410 g/mol. The van der Waals surface area contributed by atoms with Gasteiger partial charge in [0.15, 0.2) is 9.84 Å². The van der Waals surface area contributed by atoms with Crippen molar-refractivity contribution in [3.05, 3.63) is 81.6 Å². The van der Waals surface area contributed by atoms with E-state index in [1.54, 1.807) is 41.0 Å². The van der Waals surface area contributed by atoms with E-state index in [0.29, 0.717) is 12.1 Å². The molecule has 29 heavy (non-hydrogen) atoms. The monoisotopic (exact) mass is 410 g/mol. The van der Waals surface area contributed by atoms with E-state index >= 15 is 0 Å². The van der Waals surface area contributed by atoms with E-state index in [0.717, 1.165) is 29.3 Å². The summed E-state index contributed by atoms with van der Waals surface area (Å²) in [6.45, 7) is 0.606. The van der Waals surface area contributed by atoms with Crippen molar-refractivity contribution in [2.45, 2.75) is 25.1 Å². The molecule has 4 rings (SSSR count). The highest BCUT2D eigenvalue weighted by molar-refractivity contribution is 7.90. The van der Waals surface area contributed by atoms with Crippen molar-refractivity contribution < 1.29 is 13.2 Å². The third kappa shape index (κ3) is 4.10. The summed E-state index contributed by atoms with van der Waals surface area (Å²) in [7, 11) is -3.55. The molecule has 2 heterocycles. The van der Waals surface area contributed by atoms with Crippen LogP contribution in [0.1, 0.15) is 27.9 Å². The van der Waals surface area contributed by atoms with Crippen LogP contribution in [0.3, 0.4) is 0 Å². The Balaban J connectivity index is 1.50. The summed E-state index contributed by atoms with van der Waals surface area (Å²) in [5.74, 6) is -0.862.